The van der Waals surface area contributed by atoms with Crippen LogP contribution in [-0.4, -0.2) is 43.9 Å². The molecule has 1 aliphatic carbocycles. The van der Waals surface area contributed by atoms with E-state index in [1.54, 1.807) is 0 Å². The number of rotatable bonds is 3. The second-order valence-electron chi connectivity index (χ2n) is 8.19. The molecule has 4 heteroatoms. The van der Waals surface area contributed by atoms with Crippen molar-refractivity contribution in [1.29, 1.82) is 0 Å². The summed E-state index contributed by atoms with van der Waals surface area (Å²) in [4.78, 5) is 14.0. The summed E-state index contributed by atoms with van der Waals surface area (Å²) in [5, 5.41) is 3.76. The fraction of sp³-hybridized carbons (Fsp3) is 0.850. The molecule has 0 aromatic rings. The van der Waals surface area contributed by atoms with Gasteiger partial charge in [0.25, 0.3) is 0 Å². The third kappa shape index (κ3) is 3.73. The van der Waals surface area contributed by atoms with Gasteiger partial charge in [-0.25, -0.2) is 0 Å². The first-order chi connectivity index (χ1) is 11.9. The van der Waals surface area contributed by atoms with E-state index >= 15 is 0 Å². The van der Waals surface area contributed by atoms with Crippen LogP contribution < -0.4 is 5.32 Å². The maximum Gasteiger partial charge on any atom is 0.100 e. The van der Waals surface area contributed by atoms with Gasteiger partial charge in [0.2, 0.25) is 0 Å². The second kappa shape index (κ2) is 7.79. The average Bonchev–Trinajstić information content (AvgIpc) is 2.65. The number of aliphatic imine (C=N–C) groups is 3. The molecule has 4 nitrogen and oxygen atoms in total. The van der Waals surface area contributed by atoms with E-state index in [0.717, 1.165) is 37.4 Å². The molecule has 24 heavy (non-hydrogen) atoms. The highest BCUT2D eigenvalue weighted by Gasteiger charge is 2.39. The molecule has 1 N–H and O–H groups in total. The van der Waals surface area contributed by atoms with Crippen LogP contribution in [0.25, 0.3) is 0 Å². The topological polar surface area (TPSA) is 49.1 Å². The summed E-state index contributed by atoms with van der Waals surface area (Å²) in [5.41, 5.74) is 0. The summed E-state index contributed by atoms with van der Waals surface area (Å²) in [6.45, 7) is 3.18. The highest BCUT2D eigenvalue weighted by Crippen LogP contribution is 2.41. The van der Waals surface area contributed by atoms with Crippen molar-refractivity contribution in [3.8, 4) is 0 Å². The zero-order valence-corrected chi connectivity index (χ0v) is 14.9. The van der Waals surface area contributed by atoms with Gasteiger partial charge in [0, 0.05) is 31.8 Å². The van der Waals surface area contributed by atoms with Gasteiger partial charge in [0.05, 0.1) is 6.04 Å². The first-order valence-electron chi connectivity index (χ1n) is 10.2. The Bertz CT molecular complexity index is 510. The minimum atomic E-state index is 0.329. The molecule has 4 aliphatic rings. The third-order valence-electron chi connectivity index (χ3n) is 6.56. The smallest absolute Gasteiger partial charge is 0.100 e. The molecule has 5 unspecified atom stereocenters. The van der Waals surface area contributed by atoms with Gasteiger partial charge in [0.1, 0.15) is 5.84 Å². The van der Waals surface area contributed by atoms with Crippen LogP contribution in [0.3, 0.4) is 0 Å². The number of hydrogen-bond acceptors (Lipinski definition) is 3. The maximum absolute atomic E-state index is 5.10. The molecule has 5 atom stereocenters. The lowest BCUT2D eigenvalue weighted by molar-refractivity contribution is 0.155. The quantitative estimate of drug-likeness (QED) is 0.847. The van der Waals surface area contributed by atoms with E-state index in [-0.39, 0.29) is 0 Å². The zero-order chi connectivity index (χ0) is 16.2. The predicted molar refractivity (Wildman–Crippen MR) is 101 cm³/mol. The summed E-state index contributed by atoms with van der Waals surface area (Å²) in [6.07, 6.45) is 16.1. The lowest BCUT2D eigenvalue weighted by atomic mass is 9.67. The van der Waals surface area contributed by atoms with E-state index in [4.69, 9.17) is 4.99 Å². The fourth-order valence-electron chi connectivity index (χ4n) is 5.25. The largest absolute Gasteiger partial charge is 0.373 e. The number of amidine groups is 1. The predicted octanol–water partition coefficient (Wildman–Crippen LogP) is 3.51. The molecule has 4 rings (SSSR count). The van der Waals surface area contributed by atoms with Crippen LogP contribution in [0, 0.1) is 23.7 Å². The molecule has 2 fully saturated rings. The number of hydrogen-bond donors (Lipinski definition) is 1. The number of fused-ring (bicyclic) bond motifs is 1. The Morgan fingerprint density at radius 1 is 1.04 bits per heavy atom. The van der Waals surface area contributed by atoms with Gasteiger partial charge < -0.3 is 5.32 Å². The molecule has 0 amide bonds. The summed E-state index contributed by atoms with van der Waals surface area (Å²) in [7, 11) is 0. The molecule has 1 saturated heterocycles. The first kappa shape index (κ1) is 16.3. The SMILES string of the molecule is C1=NCCCC1N=C1NCC(CC2CC=NCC2)C2CCCCC12. The van der Waals surface area contributed by atoms with Gasteiger partial charge in [-0.1, -0.05) is 12.8 Å². The summed E-state index contributed by atoms with van der Waals surface area (Å²) < 4.78 is 0. The summed E-state index contributed by atoms with van der Waals surface area (Å²) in [5.74, 6) is 4.56. The Kier molecular flexibility index (Phi) is 5.29. The zero-order valence-electron chi connectivity index (χ0n) is 14.9. The van der Waals surface area contributed by atoms with E-state index in [1.807, 2.05) is 0 Å². The van der Waals surface area contributed by atoms with Crippen molar-refractivity contribution in [2.45, 2.75) is 63.8 Å². The van der Waals surface area contributed by atoms with Crippen LogP contribution in [0.1, 0.15) is 57.8 Å². The number of piperidine rings is 1. The van der Waals surface area contributed by atoms with Crippen LogP contribution >= 0.6 is 0 Å². The normalized spacial score (nSPS) is 41.0. The molecule has 1 saturated carbocycles. The molecule has 0 aromatic carbocycles. The van der Waals surface area contributed by atoms with Crippen molar-refractivity contribution in [3.63, 3.8) is 0 Å². The lowest BCUT2D eigenvalue weighted by Gasteiger charge is -2.44. The van der Waals surface area contributed by atoms with Crippen molar-refractivity contribution in [2.24, 2.45) is 38.6 Å². The van der Waals surface area contributed by atoms with Crippen molar-refractivity contribution in [2.75, 3.05) is 19.6 Å². The van der Waals surface area contributed by atoms with Gasteiger partial charge in [-0.15, -0.1) is 0 Å². The average molecular weight is 329 g/mol. The minimum absolute atomic E-state index is 0.329. The van der Waals surface area contributed by atoms with Crippen LogP contribution in [0.4, 0.5) is 0 Å². The monoisotopic (exact) mass is 328 g/mol. The van der Waals surface area contributed by atoms with E-state index in [1.165, 1.54) is 63.6 Å². The second-order valence-corrected chi connectivity index (χ2v) is 8.19. The standard InChI is InChI=1S/C20H32N4/c1-2-6-19-18(5-1)16(12-15-7-10-21-11-8-15)13-23-20(19)24-17-4-3-9-22-14-17/h10,14-19H,1-9,11-13H2,(H,23,24). The van der Waals surface area contributed by atoms with Gasteiger partial charge >= 0.3 is 0 Å². The van der Waals surface area contributed by atoms with Gasteiger partial charge in [-0.3, -0.25) is 15.0 Å². The van der Waals surface area contributed by atoms with Crippen LogP contribution in [0.2, 0.25) is 0 Å². The Morgan fingerprint density at radius 2 is 2.00 bits per heavy atom. The Balaban J connectivity index is 1.45. The Labute approximate surface area is 146 Å². The first-order valence-corrected chi connectivity index (χ1v) is 10.2. The Hall–Kier alpha value is -1.19. The molecule has 3 aliphatic heterocycles. The molecular weight excluding hydrogens is 296 g/mol. The Morgan fingerprint density at radius 3 is 2.83 bits per heavy atom. The van der Waals surface area contributed by atoms with Crippen molar-refractivity contribution in [3.05, 3.63) is 0 Å². The van der Waals surface area contributed by atoms with E-state index in [2.05, 4.69) is 27.7 Å². The van der Waals surface area contributed by atoms with Crippen molar-refractivity contribution < 1.29 is 0 Å². The van der Waals surface area contributed by atoms with E-state index < -0.39 is 0 Å². The number of nitrogens with zero attached hydrogens (tertiary/aromatic N) is 3. The molecule has 0 spiro atoms. The molecule has 0 bridgehead atoms. The highest BCUT2D eigenvalue weighted by molar-refractivity contribution is 5.87. The molecule has 132 valence electrons. The van der Waals surface area contributed by atoms with Crippen molar-refractivity contribution >= 4 is 18.3 Å². The van der Waals surface area contributed by atoms with Gasteiger partial charge in [-0.05, 0) is 68.9 Å². The lowest BCUT2D eigenvalue weighted by Crippen LogP contribution is -2.50. The molecule has 0 radical (unpaired) electrons. The van der Waals surface area contributed by atoms with Crippen LogP contribution in [0.15, 0.2) is 15.0 Å². The van der Waals surface area contributed by atoms with Crippen LogP contribution in [-0.2, 0) is 0 Å². The van der Waals surface area contributed by atoms with Crippen LogP contribution in [0.5, 0.6) is 0 Å². The maximum atomic E-state index is 5.10. The van der Waals surface area contributed by atoms with E-state index in [9.17, 15) is 0 Å². The number of nitrogens with one attached hydrogen (secondary N) is 1. The summed E-state index contributed by atoms with van der Waals surface area (Å²) in [6, 6.07) is 0.329. The molecular formula is C20H32N4. The molecule has 0 aromatic heterocycles. The highest BCUT2D eigenvalue weighted by atomic mass is 15.0. The summed E-state index contributed by atoms with van der Waals surface area (Å²) >= 11 is 0. The molecule has 3 heterocycles. The third-order valence-corrected chi connectivity index (χ3v) is 6.56. The van der Waals surface area contributed by atoms with E-state index in [0.29, 0.717) is 12.0 Å². The van der Waals surface area contributed by atoms with Crippen molar-refractivity contribution in [1.82, 2.24) is 5.32 Å². The fourth-order valence-corrected chi connectivity index (χ4v) is 5.25. The minimum Gasteiger partial charge on any atom is -0.373 e. The van der Waals surface area contributed by atoms with Gasteiger partial charge in [0.15, 0.2) is 0 Å². The van der Waals surface area contributed by atoms with Gasteiger partial charge in [-0.2, -0.15) is 0 Å².